The number of hydrogen-bond acceptors (Lipinski definition) is 5. The van der Waals surface area contributed by atoms with Gasteiger partial charge in [0.2, 0.25) is 0 Å². The summed E-state index contributed by atoms with van der Waals surface area (Å²) in [4.78, 5) is 27.0. The van der Waals surface area contributed by atoms with Crippen LogP contribution in [0.25, 0.3) is 11.1 Å². The van der Waals surface area contributed by atoms with Crippen molar-refractivity contribution < 1.29 is 14.3 Å². The third-order valence-corrected chi connectivity index (χ3v) is 6.27. The van der Waals surface area contributed by atoms with Crippen molar-refractivity contribution in [1.29, 1.82) is 5.26 Å². The fourth-order valence-electron chi connectivity index (χ4n) is 4.26. The first kappa shape index (κ1) is 27.4. The standard InChI is InChI=1S/C32H34N2O3/c1-23(2)31(32(36)37-22-27-10-6-5-7-11-27)34(24(3)14-15-25(4)35)21-26-16-18-28(19-17-26)30-13-9-8-12-29(30)20-33/h5-13,16-19,23,31H,3,14-15,21-22H2,1-2,4H3/t31-/m0/s1. The largest absolute Gasteiger partial charge is 0.459 e. The van der Waals surface area contributed by atoms with Crippen LogP contribution in [0.4, 0.5) is 0 Å². The van der Waals surface area contributed by atoms with E-state index in [4.69, 9.17) is 4.74 Å². The molecule has 0 radical (unpaired) electrons. The molecule has 0 fully saturated rings. The van der Waals surface area contributed by atoms with E-state index >= 15 is 0 Å². The molecule has 0 aromatic heterocycles. The van der Waals surface area contributed by atoms with E-state index in [1.54, 1.807) is 13.0 Å². The van der Waals surface area contributed by atoms with Crippen LogP contribution in [0.2, 0.25) is 0 Å². The van der Waals surface area contributed by atoms with Gasteiger partial charge in [-0.1, -0.05) is 93.2 Å². The highest BCUT2D eigenvalue weighted by Crippen LogP contribution is 2.27. The first-order valence-electron chi connectivity index (χ1n) is 12.5. The zero-order valence-electron chi connectivity index (χ0n) is 21.8. The molecule has 5 heteroatoms. The van der Waals surface area contributed by atoms with Gasteiger partial charge >= 0.3 is 5.97 Å². The van der Waals surface area contributed by atoms with E-state index in [1.165, 1.54) is 0 Å². The lowest BCUT2D eigenvalue weighted by Gasteiger charge is -2.36. The van der Waals surface area contributed by atoms with E-state index in [0.717, 1.165) is 28.0 Å². The molecular formula is C32H34N2O3. The SMILES string of the molecule is C=C(CCC(C)=O)N(Cc1ccc(-c2ccccc2C#N)cc1)[C@H](C(=O)OCc1ccccc1)C(C)C. The molecule has 3 aromatic rings. The number of rotatable bonds is 12. The molecule has 37 heavy (non-hydrogen) atoms. The van der Waals surface area contributed by atoms with Crippen molar-refractivity contribution >= 4 is 11.8 Å². The van der Waals surface area contributed by atoms with Gasteiger partial charge in [0.1, 0.15) is 18.4 Å². The Kier molecular flexibility index (Phi) is 9.80. The lowest BCUT2D eigenvalue weighted by atomic mass is 9.97. The first-order valence-corrected chi connectivity index (χ1v) is 12.5. The summed E-state index contributed by atoms with van der Waals surface area (Å²) in [5, 5.41) is 9.45. The first-order chi connectivity index (χ1) is 17.8. The molecule has 190 valence electrons. The molecule has 0 heterocycles. The van der Waals surface area contributed by atoms with Crippen LogP contribution in [-0.4, -0.2) is 22.7 Å². The van der Waals surface area contributed by atoms with Crippen LogP contribution in [-0.2, 0) is 27.5 Å². The maximum absolute atomic E-state index is 13.3. The van der Waals surface area contributed by atoms with Crippen LogP contribution >= 0.6 is 0 Å². The quantitative estimate of drug-likeness (QED) is 0.263. The highest BCUT2D eigenvalue weighted by Gasteiger charge is 2.31. The zero-order valence-corrected chi connectivity index (χ0v) is 21.8. The number of allylic oxidation sites excluding steroid dienone is 1. The number of ether oxygens (including phenoxy) is 1. The third kappa shape index (κ3) is 7.65. The monoisotopic (exact) mass is 494 g/mol. The van der Waals surface area contributed by atoms with Crippen molar-refractivity contribution in [2.24, 2.45) is 5.92 Å². The van der Waals surface area contributed by atoms with Crippen LogP contribution in [0.3, 0.4) is 0 Å². The number of carbonyl (C=O) groups is 2. The Hall–Kier alpha value is -4.17. The van der Waals surface area contributed by atoms with E-state index in [0.29, 0.717) is 24.9 Å². The van der Waals surface area contributed by atoms with Gasteiger partial charge in [0, 0.05) is 18.7 Å². The molecule has 5 nitrogen and oxygen atoms in total. The second-order valence-electron chi connectivity index (χ2n) is 9.53. The molecule has 0 bridgehead atoms. The second-order valence-corrected chi connectivity index (χ2v) is 9.53. The molecule has 1 atom stereocenters. The summed E-state index contributed by atoms with van der Waals surface area (Å²) in [6.45, 7) is 10.4. The average molecular weight is 495 g/mol. The molecule has 0 saturated carbocycles. The molecule has 0 unspecified atom stereocenters. The van der Waals surface area contributed by atoms with Crippen molar-refractivity contribution in [1.82, 2.24) is 4.90 Å². The molecule has 0 aliphatic carbocycles. The van der Waals surface area contributed by atoms with Gasteiger partial charge in [-0.05, 0) is 47.6 Å². The van der Waals surface area contributed by atoms with Gasteiger partial charge < -0.3 is 14.4 Å². The topological polar surface area (TPSA) is 70.4 Å². The minimum Gasteiger partial charge on any atom is -0.459 e. The Balaban J connectivity index is 1.85. The Labute approximate surface area is 220 Å². The molecule has 3 aromatic carbocycles. The smallest absolute Gasteiger partial charge is 0.329 e. The molecule has 3 rings (SSSR count). The van der Waals surface area contributed by atoms with Gasteiger partial charge in [-0.15, -0.1) is 0 Å². The molecule has 0 spiro atoms. The van der Waals surface area contributed by atoms with Gasteiger partial charge in [0.15, 0.2) is 0 Å². The Morgan fingerprint density at radius 1 is 0.919 bits per heavy atom. The average Bonchev–Trinajstić information content (AvgIpc) is 2.91. The number of nitriles is 1. The van der Waals surface area contributed by atoms with Crippen LogP contribution < -0.4 is 0 Å². The van der Waals surface area contributed by atoms with Gasteiger partial charge in [-0.2, -0.15) is 5.26 Å². The van der Waals surface area contributed by atoms with E-state index in [2.05, 4.69) is 12.6 Å². The van der Waals surface area contributed by atoms with Crippen molar-refractivity contribution in [3.63, 3.8) is 0 Å². The number of nitrogens with zero attached hydrogens (tertiary/aromatic N) is 2. The van der Waals surface area contributed by atoms with Crippen LogP contribution in [0.1, 0.15) is 50.3 Å². The lowest BCUT2D eigenvalue weighted by Crippen LogP contribution is -2.44. The predicted molar refractivity (Wildman–Crippen MR) is 146 cm³/mol. The molecule has 0 N–H and O–H groups in total. The lowest BCUT2D eigenvalue weighted by molar-refractivity contribution is -0.152. The number of hydrogen-bond donors (Lipinski definition) is 0. The number of Topliss-reactive ketones (excluding diaryl/α,β-unsaturated/α-hetero) is 1. The van der Waals surface area contributed by atoms with Crippen molar-refractivity contribution in [3.8, 4) is 17.2 Å². The molecule has 0 aliphatic rings. The Morgan fingerprint density at radius 2 is 1.57 bits per heavy atom. The summed E-state index contributed by atoms with van der Waals surface area (Å²) < 4.78 is 5.73. The van der Waals surface area contributed by atoms with E-state index < -0.39 is 6.04 Å². The minimum atomic E-state index is -0.554. The fourth-order valence-corrected chi connectivity index (χ4v) is 4.26. The summed E-state index contributed by atoms with van der Waals surface area (Å²) in [6, 6.07) is 26.8. The summed E-state index contributed by atoms with van der Waals surface area (Å²) in [5.41, 5.74) is 5.09. The number of ketones is 1. The van der Waals surface area contributed by atoms with Crippen LogP contribution in [0, 0.1) is 17.2 Å². The number of carbonyl (C=O) groups excluding carboxylic acids is 2. The Morgan fingerprint density at radius 3 is 2.19 bits per heavy atom. The predicted octanol–water partition coefficient (Wildman–Crippen LogP) is 6.68. The zero-order chi connectivity index (χ0) is 26.8. The van der Waals surface area contributed by atoms with E-state index in [9.17, 15) is 14.9 Å². The van der Waals surface area contributed by atoms with Crippen LogP contribution in [0.15, 0.2) is 91.1 Å². The number of esters is 1. The highest BCUT2D eigenvalue weighted by atomic mass is 16.5. The normalized spacial score (nSPS) is 11.4. The van der Waals surface area contributed by atoms with Gasteiger partial charge in [0.05, 0.1) is 11.6 Å². The van der Waals surface area contributed by atoms with Crippen molar-refractivity contribution in [3.05, 3.63) is 108 Å². The molecule has 0 saturated heterocycles. The molecular weight excluding hydrogens is 460 g/mol. The summed E-state index contributed by atoms with van der Waals surface area (Å²) in [7, 11) is 0. The summed E-state index contributed by atoms with van der Waals surface area (Å²) in [5.74, 6) is -0.282. The summed E-state index contributed by atoms with van der Waals surface area (Å²) in [6.07, 6.45) is 0.835. The summed E-state index contributed by atoms with van der Waals surface area (Å²) >= 11 is 0. The maximum atomic E-state index is 13.3. The van der Waals surface area contributed by atoms with Gasteiger partial charge in [0.25, 0.3) is 0 Å². The van der Waals surface area contributed by atoms with E-state index in [-0.39, 0.29) is 24.3 Å². The molecule has 0 aliphatic heterocycles. The number of benzene rings is 3. The van der Waals surface area contributed by atoms with Crippen molar-refractivity contribution in [2.45, 2.75) is 52.8 Å². The van der Waals surface area contributed by atoms with Gasteiger partial charge in [-0.25, -0.2) is 4.79 Å². The van der Waals surface area contributed by atoms with Crippen LogP contribution in [0.5, 0.6) is 0 Å². The second kappa shape index (κ2) is 13.2. The van der Waals surface area contributed by atoms with Crippen molar-refractivity contribution in [2.75, 3.05) is 0 Å². The third-order valence-electron chi connectivity index (χ3n) is 6.27. The maximum Gasteiger partial charge on any atom is 0.329 e. The van der Waals surface area contributed by atoms with E-state index in [1.807, 2.05) is 91.5 Å². The Bertz CT molecular complexity index is 1260. The minimum absolute atomic E-state index is 0.0425. The fraction of sp³-hybridized carbons (Fsp3) is 0.281. The highest BCUT2D eigenvalue weighted by molar-refractivity contribution is 5.77. The molecule has 0 amide bonds. The van der Waals surface area contributed by atoms with Gasteiger partial charge in [-0.3, -0.25) is 0 Å².